The van der Waals surface area contributed by atoms with Crippen molar-refractivity contribution in [2.45, 2.75) is 13.5 Å². The van der Waals surface area contributed by atoms with Crippen LogP contribution in [0, 0.1) is 12.7 Å². The molecule has 0 saturated heterocycles. The molecule has 0 spiro atoms. The highest BCUT2D eigenvalue weighted by Gasteiger charge is 2.18. The van der Waals surface area contributed by atoms with Gasteiger partial charge in [0.05, 0.1) is 19.0 Å². The molecule has 0 aliphatic rings. The Morgan fingerprint density at radius 3 is 2.53 bits per heavy atom. The fourth-order valence-electron chi connectivity index (χ4n) is 3.05. The monoisotopic (exact) mass is 428 g/mol. The molecule has 4 aromatic rings. The number of aromatic nitrogens is 5. The standard InChI is InChI=1S/C19H17FN6O3S/c1-11-23-17(21)16-19(24-11)26(18(25-16)13-7-14(20)9-22-8-13)10-12-3-5-15(6-4-12)29-30(2,27)28/h3-9H,10H2,1-2H3,(H2,21,23,24). The first-order chi connectivity index (χ1) is 14.2. The number of rotatable bonds is 5. The first kappa shape index (κ1) is 19.7. The third-order valence-electron chi connectivity index (χ3n) is 4.21. The molecule has 3 heterocycles. The van der Waals surface area contributed by atoms with Crippen LogP contribution < -0.4 is 9.92 Å². The van der Waals surface area contributed by atoms with Gasteiger partial charge < -0.3 is 14.5 Å². The largest absolute Gasteiger partial charge is 0.383 e. The third-order valence-corrected chi connectivity index (χ3v) is 4.70. The highest BCUT2D eigenvalue weighted by molar-refractivity contribution is 7.86. The van der Waals surface area contributed by atoms with Crippen LogP contribution in [0.4, 0.5) is 10.2 Å². The summed E-state index contributed by atoms with van der Waals surface area (Å²) in [6.07, 6.45) is 3.58. The maximum absolute atomic E-state index is 13.8. The number of nitrogen functional groups attached to an aromatic ring is 1. The molecule has 2 N–H and O–H groups in total. The average molecular weight is 428 g/mol. The van der Waals surface area contributed by atoms with Gasteiger partial charge >= 0.3 is 10.1 Å². The molecule has 9 nitrogen and oxygen atoms in total. The zero-order chi connectivity index (χ0) is 21.5. The molecule has 1 aromatic carbocycles. The number of halogens is 1. The maximum Gasteiger partial charge on any atom is 0.306 e. The third kappa shape index (κ3) is 4.06. The summed E-state index contributed by atoms with van der Waals surface area (Å²) in [5.74, 6) is 0.832. The summed E-state index contributed by atoms with van der Waals surface area (Å²) < 4.78 is 43.0. The van der Waals surface area contributed by atoms with Crippen LogP contribution in [0.25, 0.3) is 22.6 Å². The van der Waals surface area contributed by atoms with E-state index >= 15 is 0 Å². The Bertz CT molecular complexity index is 1350. The molecule has 0 radical (unpaired) electrons. The van der Waals surface area contributed by atoms with Gasteiger partial charge in [0, 0.05) is 11.8 Å². The number of nitrogens with zero attached hydrogens (tertiary/aromatic N) is 5. The van der Waals surface area contributed by atoms with E-state index in [9.17, 15) is 12.8 Å². The number of anilines is 1. The molecule has 0 bridgehead atoms. The molecule has 30 heavy (non-hydrogen) atoms. The van der Waals surface area contributed by atoms with Gasteiger partial charge in [-0.15, -0.1) is 0 Å². The molecule has 0 aliphatic carbocycles. The second kappa shape index (κ2) is 7.34. The summed E-state index contributed by atoms with van der Waals surface area (Å²) in [7, 11) is -3.61. The quantitative estimate of drug-likeness (QED) is 0.480. The molecule has 0 saturated carbocycles. The van der Waals surface area contributed by atoms with Crippen LogP contribution in [0.15, 0.2) is 42.7 Å². The Kier molecular flexibility index (Phi) is 4.82. The smallest absolute Gasteiger partial charge is 0.306 e. The average Bonchev–Trinajstić information content (AvgIpc) is 3.01. The molecule has 0 fully saturated rings. The van der Waals surface area contributed by atoms with Crippen LogP contribution >= 0.6 is 0 Å². The minimum Gasteiger partial charge on any atom is -0.383 e. The van der Waals surface area contributed by atoms with Gasteiger partial charge in [-0.2, -0.15) is 8.42 Å². The number of nitrogens with two attached hydrogens (primary N) is 1. The topological polar surface area (TPSA) is 126 Å². The zero-order valence-electron chi connectivity index (χ0n) is 16.1. The lowest BCUT2D eigenvalue weighted by molar-refractivity contribution is 0.493. The lowest BCUT2D eigenvalue weighted by Gasteiger charge is -2.10. The van der Waals surface area contributed by atoms with Crippen molar-refractivity contribution in [2.75, 3.05) is 12.0 Å². The van der Waals surface area contributed by atoms with E-state index in [4.69, 9.17) is 9.92 Å². The molecule has 11 heteroatoms. The summed E-state index contributed by atoms with van der Waals surface area (Å²) in [5.41, 5.74) is 8.20. The Hall–Kier alpha value is -3.60. The highest BCUT2D eigenvalue weighted by Crippen LogP contribution is 2.27. The van der Waals surface area contributed by atoms with Gasteiger partial charge in [-0.25, -0.2) is 19.3 Å². The van der Waals surface area contributed by atoms with Gasteiger partial charge in [0.1, 0.15) is 23.2 Å². The SMILES string of the molecule is Cc1nc(N)c2nc(-c3cncc(F)c3)n(Cc3ccc(OS(C)(=O)=O)cc3)c2n1. The Labute approximate surface area is 171 Å². The minimum atomic E-state index is -3.61. The zero-order valence-corrected chi connectivity index (χ0v) is 16.9. The number of fused-ring (bicyclic) bond motifs is 1. The Morgan fingerprint density at radius 1 is 1.13 bits per heavy atom. The first-order valence-corrected chi connectivity index (χ1v) is 10.6. The molecular weight excluding hydrogens is 411 g/mol. The van der Waals surface area contributed by atoms with E-state index in [1.54, 1.807) is 35.8 Å². The van der Waals surface area contributed by atoms with Crippen molar-refractivity contribution in [1.29, 1.82) is 0 Å². The predicted molar refractivity (Wildman–Crippen MR) is 109 cm³/mol. The van der Waals surface area contributed by atoms with E-state index < -0.39 is 15.9 Å². The van der Waals surface area contributed by atoms with Gasteiger partial charge in [0.15, 0.2) is 17.0 Å². The van der Waals surface area contributed by atoms with Gasteiger partial charge in [-0.3, -0.25) is 4.98 Å². The van der Waals surface area contributed by atoms with E-state index in [0.29, 0.717) is 34.9 Å². The summed E-state index contributed by atoms with van der Waals surface area (Å²) >= 11 is 0. The molecule has 0 amide bonds. The van der Waals surface area contributed by atoms with E-state index in [-0.39, 0.29) is 11.6 Å². The van der Waals surface area contributed by atoms with Crippen LogP contribution in [0.5, 0.6) is 5.75 Å². The fourth-order valence-corrected chi connectivity index (χ4v) is 3.51. The van der Waals surface area contributed by atoms with E-state index in [1.165, 1.54) is 12.3 Å². The van der Waals surface area contributed by atoms with Crippen molar-refractivity contribution < 1.29 is 17.0 Å². The van der Waals surface area contributed by atoms with E-state index in [0.717, 1.165) is 18.0 Å². The Balaban J connectivity index is 1.81. The fraction of sp³-hybridized carbons (Fsp3) is 0.158. The maximum atomic E-state index is 13.8. The molecule has 0 atom stereocenters. The van der Waals surface area contributed by atoms with Crippen molar-refractivity contribution >= 4 is 27.1 Å². The first-order valence-electron chi connectivity index (χ1n) is 8.79. The van der Waals surface area contributed by atoms with Gasteiger partial charge in [0.25, 0.3) is 0 Å². The predicted octanol–water partition coefficient (Wildman–Crippen LogP) is 2.30. The van der Waals surface area contributed by atoms with Crippen molar-refractivity contribution in [1.82, 2.24) is 24.5 Å². The molecule has 4 rings (SSSR count). The summed E-state index contributed by atoms with van der Waals surface area (Å²) in [6, 6.07) is 7.86. The van der Waals surface area contributed by atoms with Gasteiger partial charge in [0.2, 0.25) is 0 Å². The Morgan fingerprint density at radius 2 is 1.87 bits per heavy atom. The van der Waals surface area contributed by atoms with Gasteiger partial charge in [-0.1, -0.05) is 12.1 Å². The number of benzene rings is 1. The number of aryl methyl sites for hydroxylation is 1. The lowest BCUT2D eigenvalue weighted by atomic mass is 10.2. The number of imidazole rings is 1. The minimum absolute atomic E-state index is 0.203. The second-order valence-corrected chi connectivity index (χ2v) is 8.25. The van der Waals surface area contributed by atoms with Crippen LogP contribution in [0.3, 0.4) is 0 Å². The molecular formula is C19H17FN6O3S. The van der Waals surface area contributed by atoms with Crippen molar-refractivity contribution in [3.05, 3.63) is 59.9 Å². The van der Waals surface area contributed by atoms with Crippen molar-refractivity contribution in [2.24, 2.45) is 0 Å². The van der Waals surface area contributed by atoms with Crippen molar-refractivity contribution in [3.8, 4) is 17.1 Å². The molecule has 154 valence electrons. The summed E-state index contributed by atoms with van der Waals surface area (Å²) in [5, 5.41) is 0. The van der Waals surface area contributed by atoms with E-state index in [1.807, 2.05) is 0 Å². The summed E-state index contributed by atoms with van der Waals surface area (Å²) in [6.45, 7) is 2.03. The molecule has 3 aromatic heterocycles. The van der Waals surface area contributed by atoms with Crippen LogP contribution in [0.1, 0.15) is 11.4 Å². The van der Waals surface area contributed by atoms with Crippen LogP contribution in [-0.4, -0.2) is 39.2 Å². The second-order valence-electron chi connectivity index (χ2n) is 6.67. The normalized spacial score (nSPS) is 11.7. The van der Waals surface area contributed by atoms with Gasteiger partial charge in [-0.05, 0) is 30.7 Å². The molecule has 0 unspecified atom stereocenters. The summed E-state index contributed by atoms with van der Waals surface area (Å²) in [4.78, 5) is 17.0. The highest BCUT2D eigenvalue weighted by atomic mass is 32.2. The number of hydrogen-bond donors (Lipinski definition) is 1. The lowest BCUT2D eigenvalue weighted by Crippen LogP contribution is -2.07. The number of hydrogen-bond acceptors (Lipinski definition) is 8. The van der Waals surface area contributed by atoms with Crippen LogP contribution in [-0.2, 0) is 16.7 Å². The van der Waals surface area contributed by atoms with E-state index in [2.05, 4.69) is 19.9 Å². The number of pyridine rings is 1. The van der Waals surface area contributed by atoms with Crippen LogP contribution in [0.2, 0.25) is 0 Å². The molecule has 0 aliphatic heterocycles. The van der Waals surface area contributed by atoms with Crippen molar-refractivity contribution in [3.63, 3.8) is 0 Å².